The van der Waals surface area contributed by atoms with Gasteiger partial charge in [-0.25, -0.2) is 0 Å². The fourth-order valence-corrected chi connectivity index (χ4v) is 5.08. The van der Waals surface area contributed by atoms with Crippen LogP contribution in [0.15, 0.2) is 0 Å². The molecule has 9 heteroatoms. The van der Waals surface area contributed by atoms with Crippen molar-refractivity contribution >= 4 is 17.5 Å². The Morgan fingerprint density at radius 1 is 0.595 bits per heavy atom. The number of Topliss-reactive ketones (excluding diaryl/α,β-unsaturated/α-hetero) is 2. The van der Waals surface area contributed by atoms with Crippen LogP contribution in [0.4, 0.5) is 0 Å². The molecule has 0 rings (SSSR count). The van der Waals surface area contributed by atoms with E-state index in [2.05, 4.69) is 20.8 Å². The third kappa shape index (κ3) is 16.5. The second-order valence-corrected chi connectivity index (χ2v) is 11.9. The van der Waals surface area contributed by atoms with E-state index in [0.29, 0.717) is 25.7 Å². The molecule has 0 bridgehead atoms. The van der Waals surface area contributed by atoms with Gasteiger partial charge < -0.3 is 30.3 Å². The summed E-state index contributed by atoms with van der Waals surface area (Å²) in [5.74, 6) is -2.36. The van der Waals surface area contributed by atoms with Gasteiger partial charge in [0.15, 0.2) is 23.3 Å². The van der Waals surface area contributed by atoms with Gasteiger partial charge in [-0.2, -0.15) is 0 Å². The zero-order valence-electron chi connectivity index (χ0n) is 26.7. The molecule has 0 heterocycles. The van der Waals surface area contributed by atoms with Crippen LogP contribution in [0.5, 0.6) is 0 Å². The zero-order valence-corrected chi connectivity index (χ0v) is 26.7. The average Bonchev–Trinajstić information content (AvgIpc) is 2.99. The molecule has 0 aliphatic rings. The molecule has 0 saturated carbocycles. The minimum atomic E-state index is -3.01. The minimum Gasteiger partial charge on any atom is -0.463 e. The van der Waals surface area contributed by atoms with Gasteiger partial charge in [0.1, 0.15) is 24.9 Å². The van der Waals surface area contributed by atoms with Crippen LogP contribution >= 0.6 is 0 Å². The van der Waals surface area contributed by atoms with Crippen LogP contribution in [0.2, 0.25) is 0 Å². The molecule has 0 aromatic heterocycles. The topological polar surface area (TPSA) is 162 Å². The summed E-state index contributed by atoms with van der Waals surface area (Å²) >= 11 is 0. The van der Waals surface area contributed by atoms with Crippen LogP contribution < -0.4 is 0 Å². The predicted octanol–water partition coefficient (Wildman–Crippen LogP) is 5.09. The number of esters is 1. The monoisotopic (exact) mass is 602 g/mol. The molecule has 0 aromatic rings. The lowest BCUT2D eigenvalue weighted by molar-refractivity contribution is -0.202. The lowest BCUT2D eigenvalue weighted by Crippen LogP contribution is -2.65. The summed E-state index contributed by atoms with van der Waals surface area (Å²) in [7, 11) is 0. The molecule has 0 aliphatic carbocycles. The average molecular weight is 603 g/mol. The Labute approximate surface area is 254 Å². The molecule has 42 heavy (non-hydrogen) atoms. The Morgan fingerprint density at radius 3 is 1.48 bits per heavy atom. The Kier molecular flexibility index (Phi) is 24.2. The first-order valence-electron chi connectivity index (χ1n) is 16.7. The molecular formula is C33H62O9. The molecular weight excluding hydrogens is 540 g/mol. The van der Waals surface area contributed by atoms with Crippen LogP contribution in [-0.2, 0) is 19.1 Å². The number of hydrogen-bond donors (Lipinski definition) is 5. The molecule has 1 unspecified atom stereocenters. The SMILES string of the molecule is CCCCCCCCC(=O)OC[C@@H](O)[C@@H](O)[C@H](O)[C@](O)(C(=O)CCCCCCCC)C(O)C(=O)CCCCCCCC. The number of ether oxygens (including phenoxy) is 1. The largest absolute Gasteiger partial charge is 0.463 e. The smallest absolute Gasteiger partial charge is 0.305 e. The van der Waals surface area contributed by atoms with E-state index in [9.17, 15) is 39.9 Å². The van der Waals surface area contributed by atoms with Gasteiger partial charge >= 0.3 is 5.97 Å². The van der Waals surface area contributed by atoms with Gasteiger partial charge in [-0.1, -0.05) is 117 Å². The van der Waals surface area contributed by atoms with Crippen LogP contribution in [0.3, 0.4) is 0 Å². The molecule has 5 atom stereocenters. The van der Waals surface area contributed by atoms with E-state index in [1.807, 2.05) is 0 Å². The van der Waals surface area contributed by atoms with E-state index in [1.165, 1.54) is 0 Å². The third-order valence-corrected chi connectivity index (χ3v) is 8.02. The minimum absolute atomic E-state index is 0.0959. The van der Waals surface area contributed by atoms with Crippen molar-refractivity contribution in [1.29, 1.82) is 0 Å². The number of carbonyl (C=O) groups is 3. The lowest BCUT2D eigenvalue weighted by atomic mass is 9.78. The number of carbonyl (C=O) groups excluding carboxylic acids is 3. The highest BCUT2D eigenvalue weighted by Gasteiger charge is 2.54. The summed E-state index contributed by atoms with van der Waals surface area (Å²) in [4.78, 5) is 38.1. The van der Waals surface area contributed by atoms with Gasteiger partial charge in [-0.3, -0.25) is 14.4 Å². The van der Waals surface area contributed by atoms with E-state index < -0.39 is 54.2 Å². The van der Waals surface area contributed by atoms with E-state index in [1.54, 1.807) is 0 Å². The highest BCUT2D eigenvalue weighted by Crippen LogP contribution is 2.27. The van der Waals surface area contributed by atoms with Crippen molar-refractivity contribution in [3.63, 3.8) is 0 Å². The molecule has 0 aliphatic heterocycles. The fraction of sp³-hybridized carbons (Fsp3) is 0.909. The summed E-state index contributed by atoms with van der Waals surface area (Å²) < 4.78 is 5.03. The highest BCUT2D eigenvalue weighted by atomic mass is 16.5. The first-order chi connectivity index (χ1) is 20.1. The van der Waals surface area contributed by atoms with E-state index in [-0.39, 0.29) is 19.3 Å². The fourth-order valence-electron chi connectivity index (χ4n) is 5.08. The number of aliphatic hydroxyl groups is 5. The predicted molar refractivity (Wildman–Crippen MR) is 164 cm³/mol. The van der Waals surface area contributed by atoms with Gasteiger partial charge in [-0.05, 0) is 19.3 Å². The summed E-state index contributed by atoms with van der Waals surface area (Å²) in [6.07, 6.45) is 7.47. The number of hydrogen-bond acceptors (Lipinski definition) is 9. The standard InChI is InChI=1S/C33H62O9/c1-4-7-10-13-16-19-22-26(34)31(39)33(41,28(36)23-20-17-14-11-8-5-2)32(40)30(38)27(35)25-42-29(37)24-21-18-15-12-9-6-3/h27,30-32,35,38-41H,4-25H2,1-3H3/t27-,30-,31?,32+,33+/m1/s1. The molecule has 0 amide bonds. The van der Waals surface area contributed by atoms with E-state index in [4.69, 9.17) is 4.74 Å². The van der Waals surface area contributed by atoms with Crippen LogP contribution in [0.1, 0.15) is 156 Å². The second-order valence-electron chi connectivity index (χ2n) is 11.9. The first kappa shape index (κ1) is 40.6. The van der Waals surface area contributed by atoms with Crippen molar-refractivity contribution in [2.75, 3.05) is 6.61 Å². The Balaban J connectivity index is 5.24. The van der Waals surface area contributed by atoms with Gasteiger partial charge in [0, 0.05) is 19.3 Å². The number of rotatable bonds is 29. The van der Waals surface area contributed by atoms with Crippen LogP contribution in [-0.4, -0.2) is 79.7 Å². The van der Waals surface area contributed by atoms with Crippen LogP contribution in [0.25, 0.3) is 0 Å². The molecule has 0 radical (unpaired) electrons. The summed E-state index contributed by atoms with van der Waals surface area (Å²) in [5, 5.41) is 54.2. The van der Waals surface area contributed by atoms with Gasteiger partial charge in [-0.15, -0.1) is 0 Å². The first-order valence-corrected chi connectivity index (χ1v) is 16.7. The van der Waals surface area contributed by atoms with E-state index >= 15 is 0 Å². The number of aliphatic hydroxyl groups excluding tert-OH is 4. The summed E-state index contributed by atoms with van der Waals surface area (Å²) in [5.41, 5.74) is -3.01. The zero-order chi connectivity index (χ0) is 31.8. The normalized spacial score (nSPS) is 15.9. The maximum Gasteiger partial charge on any atom is 0.305 e. The van der Waals surface area contributed by atoms with Crippen molar-refractivity contribution in [2.45, 2.75) is 186 Å². The third-order valence-electron chi connectivity index (χ3n) is 8.02. The highest BCUT2D eigenvalue weighted by molar-refractivity contribution is 5.96. The van der Waals surface area contributed by atoms with Gasteiger partial charge in [0.2, 0.25) is 0 Å². The quantitative estimate of drug-likeness (QED) is 0.0580. The molecule has 9 nitrogen and oxygen atoms in total. The summed E-state index contributed by atoms with van der Waals surface area (Å²) in [6, 6.07) is 0. The van der Waals surface area contributed by atoms with Crippen molar-refractivity contribution < 1.29 is 44.7 Å². The maximum atomic E-state index is 13.2. The Morgan fingerprint density at radius 2 is 1.00 bits per heavy atom. The molecule has 0 saturated heterocycles. The van der Waals surface area contributed by atoms with Crippen molar-refractivity contribution in [2.24, 2.45) is 0 Å². The molecule has 5 N–H and O–H groups in total. The number of unbranched alkanes of at least 4 members (excludes halogenated alkanes) is 15. The maximum absolute atomic E-state index is 13.2. The van der Waals surface area contributed by atoms with Crippen molar-refractivity contribution in [3.8, 4) is 0 Å². The Hall–Kier alpha value is -1.39. The lowest BCUT2D eigenvalue weighted by Gasteiger charge is -2.38. The number of ketones is 2. The van der Waals surface area contributed by atoms with E-state index in [0.717, 1.165) is 89.9 Å². The summed E-state index contributed by atoms with van der Waals surface area (Å²) in [6.45, 7) is 5.64. The van der Waals surface area contributed by atoms with Crippen LogP contribution in [0, 0.1) is 0 Å². The molecule has 0 spiro atoms. The van der Waals surface area contributed by atoms with Crippen molar-refractivity contribution in [1.82, 2.24) is 0 Å². The van der Waals surface area contributed by atoms with Gasteiger partial charge in [0.25, 0.3) is 0 Å². The second kappa shape index (κ2) is 25.0. The molecule has 0 aromatic carbocycles. The molecule has 0 fully saturated rings. The van der Waals surface area contributed by atoms with Gasteiger partial charge in [0.05, 0.1) is 0 Å². The van der Waals surface area contributed by atoms with Crippen molar-refractivity contribution in [3.05, 3.63) is 0 Å². The molecule has 248 valence electrons. The Bertz CT molecular complexity index is 714.